The van der Waals surface area contributed by atoms with Crippen LogP contribution >= 0.6 is 11.6 Å². The lowest BCUT2D eigenvalue weighted by Crippen LogP contribution is -2.29. The Morgan fingerprint density at radius 1 is 1.60 bits per heavy atom. The van der Waals surface area contributed by atoms with E-state index in [0.717, 1.165) is 5.69 Å². The lowest BCUT2D eigenvalue weighted by molar-refractivity contribution is -0.129. The van der Waals surface area contributed by atoms with Crippen LogP contribution < -0.4 is 0 Å². The van der Waals surface area contributed by atoms with Gasteiger partial charge in [-0.15, -0.1) is 11.6 Å². The second kappa shape index (κ2) is 4.19. The molecule has 4 heteroatoms. The first-order valence-corrected chi connectivity index (χ1v) is 5.46. The van der Waals surface area contributed by atoms with Gasteiger partial charge in [0.2, 0.25) is 5.91 Å². The van der Waals surface area contributed by atoms with Gasteiger partial charge in [0.05, 0.1) is 17.1 Å². The van der Waals surface area contributed by atoms with E-state index in [1.807, 2.05) is 25.1 Å². The third-order valence-corrected chi connectivity index (χ3v) is 2.99. The van der Waals surface area contributed by atoms with Crippen LogP contribution in [0.3, 0.4) is 0 Å². The van der Waals surface area contributed by atoms with Gasteiger partial charge in [-0.2, -0.15) is 0 Å². The second-order valence-corrected chi connectivity index (χ2v) is 4.40. The summed E-state index contributed by atoms with van der Waals surface area (Å²) in [7, 11) is 0. The monoisotopic (exact) mass is 224 g/mol. The molecule has 0 N–H and O–H groups in total. The predicted molar refractivity (Wildman–Crippen MR) is 58.6 cm³/mol. The van der Waals surface area contributed by atoms with Crippen LogP contribution in [-0.4, -0.2) is 27.7 Å². The van der Waals surface area contributed by atoms with Crippen molar-refractivity contribution in [3.05, 3.63) is 30.1 Å². The Hall–Kier alpha value is -1.09. The molecule has 2 rings (SSSR count). The molecule has 0 aliphatic carbocycles. The highest BCUT2D eigenvalue weighted by Crippen LogP contribution is 2.26. The molecule has 0 bridgehead atoms. The first-order valence-electron chi connectivity index (χ1n) is 5.03. The number of rotatable bonds is 2. The van der Waals surface area contributed by atoms with Crippen molar-refractivity contribution in [3.63, 3.8) is 0 Å². The molecule has 0 radical (unpaired) electrons. The Morgan fingerprint density at radius 2 is 2.40 bits per heavy atom. The molecule has 1 amide bonds. The van der Waals surface area contributed by atoms with E-state index >= 15 is 0 Å². The number of halogens is 1. The number of hydrogen-bond donors (Lipinski definition) is 0. The van der Waals surface area contributed by atoms with E-state index in [1.54, 1.807) is 11.1 Å². The molecule has 80 valence electrons. The summed E-state index contributed by atoms with van der Waals surface area (Å²) in [5.74, 6) is 0.119. The van der Waals surface area contributed by atoms with Gasteiger partial charge in [-0.05, 0) is 19.1 Å². The summed E-state index contributed by atoms with van der Waals surface area (Å²) in [4.78, 5) is 17.7. The molecule has 3 nitrogen and oxygen atoms in total. The fraction of sp³-hybridized carbons (Fsp3) is 0.455. The molecule has 2 heterocycles. The third-order valence-electron chi connectivity index (χ3n) is 2.69. The molecule has 1 aliphatic rings. The number of pyridine rings is 1. The van der Waals surface area contributed by atoms with Crippen molar-refractivity contribution in [3.8, 4) is 0 Å². The minimum Gasteiger partial charge on any atom is -0.333 e. The van der Waals surface area contributed by atoms with E-state index in [0.29, 0.717) is 13.0 Å². The molecule has 1 fully saturated rings. The zero-order chi connectivity index (χ0) is 10.8. The average molecular weight is 225 g/mol. The van der Waals surface area contributed by atoms with Crippen LogP contribution in [0.1, 0.15) is 25.1 Å². The standard InChI is InChI=1S/C11H13ClN2O/c1-8(10-4-2-3-5-13-10)14-7-9(12)6-11(14)15/h2-5,8-9H,6-7H2,1H3. The van der Waals surface area contributed by atoms with Gasteiger partial charge in [0.15, 0.2) is 0 Å². The zero-order valence-corrected chi connectivity index (χ0v) is 9.31. The fourth-order valence-electron chi connectivity index (χ4n) is 1.84. The number of aromatic nitrogens is 1. The van der Waals surface area contributed by atoms with Crippen LogP contribution in [-0.2, 0) is 4.79 Å². The summed E-state index contributed by atoms with van der Waals surface area (Å²) in [6.45, 7) is 2.60. The lowest BCUT2D eigenvalue weighted by atomic mass is 10.2. The number of hydrogen-bond acceptors (Lipinski definition) is 2. The first-order chi connectivity index (χ1) is 7.18. The lowest BCUT2D eigenvalue weighted by Gasteiger charge is -2.23. The highest BCUT2D eigenvalue weighted by Gasteiger charge is 2.32. The van der Waals surface area contributed by atoms with Gasteiger partial charge in [0.25, 0.3) is 0 Å². The molecule has 1 aromatic heterocycles. The van der Waals surface area contributed by atoms with Gasteiger partial charge >= 0.3 is 0 Å². The Balaban J connectivity index is 2.15. The summed E-state index contributed by atoms with van der Waals surface area (Å²) >= 11 is 5.95. The number of likely N-dealkylation sites (tertiary alicyclic amines) is 1. The summed E-state index contributed by atoms with van der Waals surface area (Å²) in [6.07, 6.45) is 2.18. The minimum absolute atomic E-state index is 0.0162. The first kappa shape index (κ1) is 10.4. The maximum atomic E-state index is 11.6. The van der Waals surface area contributed by atoms with E-state index in [4.69, 9.17) is 11.6 Å². The van der Waals surface area contributed by atoms with Crippen molar-refractivity contribution in [2.75, 3.05) is 6.54 Å². The van der Waals surface area contributed by atoms with Crippen molar-refractivity contribution in [1.82, 2.24) is 9.88 Å². The molecule has 0 saturated carbocycles. The van der Waals surface area contributed by atoms with E-state index in [1.165, 1.54) is 0 Å². The van der Waals surface area contributed by atoms with Gasteiger partial charge in [0, 0.05) is 19.2 Å². The second-order valence-electron chi connectivity index (χ2n) is 3.78. The number of alkyl halides is 1. The van der Waals surface area contributed by atoms with Crippen LogP contribution in [0.4, 0.5) is 0 Å². The summed E-state index contributed by atoms with van der Waals surface area (Å²) < 4.78 is 0. The van der Waals surface area contributed by atoms with Gasteiger partial charge in [0.1, 0.15) is 0 Å². The molecule has 2 atom stereocenters. The van der Waals surface area contributed by atoms with Crippen LogP contribution in [0, 0.1) is 0 Å². The van der Waals surface area contributed by atoms with Gasteiger partial charge < -0.3 is 4.90 Å². The normalized spacial score (nSPS) is 23.2. The number of carbonyl (C=O) groups is 1. The van der Waals surface area contributed by atoms with E-state index in [-0.39, 0.29) is 17.3 Å². The van der Waals surface area contributed by atoms with Crippen LogP contribution in [0.25, 0.3) is 0 Å². The summed E-state index contributed by atoms with van der Waals surface area (Å²) in [5.41, 5.74) is 0.914. The molecule has 1 aliphatic heterocycles. The smallest absolute Gasteiger partial charge is 0.224 e. The zero-order valence-electron chi connectivity index (χ0n) is 8.56. The van der Waals surface area contributed by atoms with Crippen LogP contribution in [0.5, 0.6) is 0 Å². The molecule has 15 heavy (non-hydrogen) atoms. The van der Waals surface area contributed by atoms with Crippen LogP contribution in [0.2, 0.25) is 0 Å². The van der Waals surface area contributed by atoms with Gasteiger partial charge in [-0.3, -0.25) is 9.78 Å². The van der Waals surface area contributed by atoms with Crippen LogP contribution in [0.15, 0.2) is 24.4 Å². The Labute approximate surface area is 94.1 Å². The average Bonchev–Trinajstić information content (AvgIpc) is 2.58. The molecular formula is C11H13ClN2O. The molecule has 1 aromatic rings. The van der Waals surface area contributed by atoms with Crippen molar-refractivity contribution >= 4 is 17.5 Å². The largest absolute Gasteiger partial charge is 0.333 e. The fourth-order valence-corrected chi connectivity index (χ4v) is 2.12. The number of amides is 1. The highest BCUT2D eigenvalue weighted by molar-refractivity contribution is 6.22. The molecular weight excluding hydrogens is 212 g/mol. The SMILES string of the molecule is CC(c1ccccn1)N1CC(Cl)CC1=O. The van der Waals surface area contributed by atoms with Gasteiger partial charge in [-0.1, -0.05) is 6.07 Å². The van der Waals surface area contributed by atoms with Crippen molar-refractivity contribution in [1.29, 1.82) is 0 Å². The third kappa shape index (κ3) is 2.12. The Morgan fingerprint density at radius 3 is 2.93 bits per heavy atom. The molecule has 0 aromatic carbocycles. The summed E-state index contributed by atoms with van der Waals surface area (Å²) in [6, 6.07) is 5.74. The Kier molecular flexibility index (Phi) is 2.91. The maximum Gasteiger partial charge on any atom is 0.224 e. The summed E-state index contributed by atoms with van der Waals surface area (Å²) in [5, 5.41) is -0.0522. The number of nitrogens with zero attached hydrogens (tertiary/aromatic N) is 2. The van der Waals surface area contributed by atoms with E-state index in [9.17, 15) is 4.79 Å². The van der Waals surface area contributed by atoms with Crippen molar-refractivity contribution in [2.45, 2.75) is 24.8 Å². The minimum atomic E-state index is -0.0522. The van der Waals surface area contributed by atoms with Gasteiger partial charge in [-0.25, -0.2) is 0 Å². The van der Waals surface area contributed by atoms with E-state index < -0.39 is 0 Å². The Bertz CT molecular complexity index is 355. The number of carbonyl (C=O) groups excluding carboxylic acids is 1. The highest BCUT2D eigenvalue weighted by atomic mass is 35.5. The van der Waals surface area contributed by atoms with Crippen molar-refractivity contribution in [2.24, 2.45) is 0 Å². The van der Waals surface area contributed by atoms with Crippen molar-refractivity contribution < 1.29 is 4.79 Å². The quantitative estimate of drug-likeness (QED) is 0.720. The topological polar surface area (TPSA) is 33.2 Å². The molecule has 1 saturated heterocycles. The maximum absolute atomic E-state index is 11.6. The van der Waals surface area contributed by atoms with E-state index in [2.05, 4.69) is 4.98 Å². The molecule has 2 unspecified atom stereocenters. The predicted octanol–water partition coefficient (Wildman–Crippen LogP) is 1.98. The molecule has 0 spiro atoms.